The molecule has 1 heterocycles. The summed E-state index contributed by atoms with van der Waals surface area (Å²) in [4.78, 5) is 25.1. The van der Waals surface area contributed by atoms with E-state index in [1.54, 1.807) is 13.0 Å². The molecule has 1 unspecified atom stereocenters. The normalized spacial score (nSPS) is 12.1. The van der Waals surface area contributed by atoms with Crippen molar-refractivity contribution < 1.29 is 19.4 Å². The van der Waals surface area contributed by atoms with Crippen LogP contribution in [0.2, 0.25) is 0 Å². The fraction of sp³-hybridized carbons (Fsp3) is 0.667. The zero-order chi connectivity index (χ0) is 16.5. The van der Waals surface area contributed by atoms with Crippen molar-refractivity contribution in [3.05, 3.63) is 17.5 Å². The van der Waals surface area contributed by atoms with Gasteiger partial charge in [-0.1, -0.05) is 13.8 Å². The van der Waals surface area contributed by atoms with Crippen LogP contribution >= 0.6 is 0 Å². The summed E-state index contributed by atoms with van der Waals surface area (Å²) in [5.41, 5.74) is 1.20. The lowest BCUT2D eigenvalue weighted by molar-refractivity contribution is -0.141. The van der Waals surface area contributed by atoms with E-state index in [9.17, 15) is 9.59 Å². The molecule has 1 amide bonds. The van der Waals surface area contributed by atoms with E-state index in [0.717, 1.165) is 12.1 Å². The number of carbonyl (C=O) groups is 2. The van der Waals surface area contributed by atoms with Crippen LogP contribution in [-0.2, 0) is 16.0 Å². The van der Waals surface area contributed by atoms with Gasteiger partial charge in [0.1, 0.15) is 5.69 Å². The predicted octanol–water partition coefficient (Wildman–Crippen LogP) is 1.56. The summed E-state index contributed by atoms with van der Waals surface area (Å²) in [7, 11) is 0. The lowest BCUT2D eigenvalue weighted by atomic mass is 10.1. The molecule has 1 atom stereocenters. The smallest absolute Gasteiger partial charge is 0.308 e. The summed E-state index contributed by atoms with van der Waals surface area (Å²) < 4.78 is 5.27. The van der Waals surface area contributed by atoms with Crippen molar-refractivity contribution in [2.75, 3.05) is 26.3 Å². The quantitative estimate of drug-likeness (QED) is 0.639. The van der Waals surface area contributed by atoms with Crippen LogP contribution in [0.4, 0.5) is 0 Å². The largest absolute Gasteiger partial charge is 0.481 e. The molecule has 0 aliphatic heterocycles. The van der Waals surface area contributed by atoms with Crippen molar-refractivity contribution in [3.8, 4) is 0 Å². The number of nitrogens with one attached hydrogen (secondary N) is 1. The van der Waals surface area contributed by atoms with E-state index >= 15 is 0 Å². The molecule has 0 saturated carbocycles. The Morgan fingerprint density at radius 3 is 2.73 bits per heavy atom. The van der Waals surface area contributed by atoms with Gasteiger partial charge in [-0.2, -0.15) is 5.10 Å². The maximum absolute atomic E-state index is 12.5. The minimum Gasteiger partial charge on any atom is -0.481 e. The highest BCUT2D eigenvalue weighted by molar-refractivity contribution is 5.92. The highest BCUT2D eigenvalue weighted by Crippen LogP contribution is 2.09. The average molecular weight is 311 g/mol. The first-order valence-corrected chi connectivity index (χ1v) is 7.63. The van der Waals surface area contributed by atoms with Gasteiger partial charge >= 0.3 is 5.97 Å². The monoisotopic (exact) mass is 311 g/mol. The van der Waals surface area contributed by atoms with Gasteiger partial charge in [-0.3, -0.25) is 14.7 Å². The van der Waals surface area contributed by atoms with Crippen LogP contribution in [0.3, 0.4) is 0 Å². The molecule has 0 radical (unpaired) electrons. The number of aryl methyl sites for hydroxylation is 1. The second kappa shape index (κ2) is 9.19. The minimum absolute atomic E-state index is 0.161. The maximum atomic E-state index is 12.5. The van der Waals surface area contributed by atoms with Gasteiger partial charge in [0.2, 0.25) is 0 Å². The zero-order valence-electron chi connectivity index (χ0n) is 13.5. The van der Waals surface area contributed by atoms with Crippen LogP contribution in [0, 0.1) is 5.92 Å². The number of aliphatic carboxylic acids is 1. The number of carbonyl (C=O) groups excluding carboxylic acids is 1. The lowest BCUT2D eigenvalue weighted by Gasteiger charge is -2.23. The van der Waals surface area contributed by atoms with Crippen LogP contribution in [0.5, 0.6) is 0 Å². The molecule has 1 aromatic rings. The van der Waals surface area contributed by atoms with Crippen LogP contribution in [-0.4, -0.2) is 58.4 Å². The Kier molecular flexibility index (Phi) is 7.59. The molecule has 0 saturated heterocycles. The molecular formula is C15H25N3O4. The van der Waals surface area contributed by atoms with Crippen LogP contribution in [0.1, 0.15) is 43.4 Å². The van der Waals surface area contributed by atoms with E-state index in [2.05, 4.69) is 10.2 Å². The van der Waals surface area contributed by atoms with Gasteiger partial charge in [0.15, 0.2) is 0 Å². The Hall–Kier alpha value is -1.89. The molecule has 7 heteroatoms. The highest BCUT2D eigenvalue weighted by Gasteiger charge is 2.23. The van der Waals surface area contributed by atoms with E-state index in [0.29, 0.717) is 31.9 Å². The first-order chi connectivity index (χ1) is 10.5. The summed E-state index contributed by atoms with van der Waals surface area (Å²) in [5, 5.41) is 15.9. The summed E-state index contributed by atoms with van der Waals surface area (Å²) in [5.74, 6) is -1.79. The molecule has 0 aliphatic carbocycles. The Labute approximate surface area is 130 Å². The zero-order valence-corrected chi connectivity index (χ0v) is 13.5. The van der Waals surface area contributed by atoms with E-state index in [-0.39, 0.29) is 12.5 Å². The van der Waals surface area contributed by atoms with Gasteiger partial charge in [-0.15, -0.1) is 0 Å². The van der Waals surface area contributed by atoms with Gasteiger partial charge in [0, 0.05) is 32.0 Å². The number of aromatic amines is 1. The standard InChI is InChI=1S/C15H25N3O4/c1-4-12-9-13(17-16-12)14(19)18(7-6-8-22-5-2)10-11(3)15(20)21/h9,11H,4-8,10H2,1-3H3,(H,16,17)(H,20,21). The molecule has 0 bridgehead atoms. The summed E-state index contributed by atoms with van der Waals surface area (Å²) in [6, 6.07) is 1.71. The average Bonchev–Trinajstić information content (AvgIpc) is 2.98. The molecular weight excluding hydrogens is 286 g/mol. The minimum atomic E-state index is -0.918. The van der Waals surface area contributed by atoms with Crippen molar-refractivity contribution >= 4 is 11.9 Å². The second-order valence-electron chi connectivity index (χ2n) is 5.17. The SMILES string of the molecule is CCOCCCN(CC(C)C(=O)O)C(=O)c1cc(CC)[nH]n1. The molecule has 0 fully saturated rings. The number of rotatable bonds is 10. The molecule has 7 nitrogen and oxygen atoms in total. The summed E-state index contributed by atoms with van der Waals surface area (Å²) >= 11 is 0. The molecule has 0 spiro atoms. The Morgan fingerprint density at radius 2 is 2.18 bits per heavy atom. The number of carboxylic acid groups (broad SMARTS) is 1. The third-order valence-corrected chi connectivity index (χ3v) is 3.35. The fourth-order valence-electron chi connectivity index (χ4n) is 2.00. The molecule has 0 aromatic carbocycles. The van der Waals surface area contributed by atoms with Gasteiger partial charge in [0.05, 0.1) is 5.92 Å². The number of aromatic nitrogens is 2. The molecule has 22 heavy (non-hydrogen) atoms. The number of hydrogen-bond acceptors (Lipinski definition) is 4. The van der Waals surface area contributed by atoms with Gasteiger partial charge in [0.25, 0.3) is 5.91 Å². The number of H-pyrrole nitrogens is 1. The first kappa shape index (κ1) is 18.2. The topological polar surface area (TPSA) is 95.5 Å². The number of amides is 1. The number of carboxylic acids is 1. The highest BCUT2D eigenvalue weighted by atomic mass is 16.5. The Bertz CT molecular complexity index is 487. The van der Waals surface area contributed by atoms with Crippen LogP contribution in [0.15, 0.2) is 6.07 Å². The third kappa shape index (κ3) is 5.48. The predicted molar refractivity (Wildman–Crippen MR) is 81.8 cm³/mol. The molecule has 124 valence electrons. The van der Waals surface area contributed by atoms with Gasteiger partial charge in [-0.25, -0.2) is 0 Å². The van der Waals surface area contributed by atoms with E-state index < -0.39 is 11.9 Å². The van der Waals surface area contributed by atoms with Gasteiger partial charge in [-0.05, 0) is 25.8 Å². The maximum Gasteiger partial charge on any atom is 0.308 e. The third-order valence-electron chi connectivity index (χ3n) is 3.35. The fourth-order valence-corrected chi connectivity index (χ4v) is 2.00. The van der Waals surface area contributed by atoms with E-state index in [1.165, 1.54) is 4.90 Å². The van der Waals surface area contributed by atoms with E-state index in [4.69, 9.17) is 9.84 Å². The Balaban J connectivity index is 2.73. The van der Waals surface area contributed by atoms with Crippen molar-refractivity contribution in [2.45, 2.75) is 33.6 Å². The second-order valence-corrected chi connectivity index (χ2v) is 5.17. The molecule has 2 N–H and O–H groups in total. The lowest BCUT2D eigenvalue weighted by Crippen LogP contribution is -2.38. The number of ether oxygens (including phenoxy) is 1. The number of nitrogens with zero attached hydrogens (tertiary/aromatic N) is 2. The molecule has 1 rings (SSSR count). The van der Waals surface area contributed by atoms with Crippen molar-refractivity contribution in [1.29, 1.82) is 0 Å². The van der Waals surface area contributed by atoms with Crippen LogP contribution < -0.4 is 0 Å². The summed E-state index contributed by atoms with van der Waals surface area (Å²) in [6.07, 6.45) is 1.42. The van der Waals surface area contributed by atoms with Crippen molar-refractivity contribution in [2.24, 2.45) is 5.92 Å². The van der Waals surface area contributed by atoms with Crippen molar-refractivity contribution in [1.82, 2.24) is 15.1 Å². The van der Waals surface area contributed by atoms with E-state index in [1.807, 2.05) is 13.8 Å². The molecule has 1 aromatic heterocycles. The van der Waals surface area contributed by atoms with Gasteiger partial charge < -0.3 is 14.7 Å². The Morgan fingerprint density at radius 1 is 1.45 bits per heavy atom. The molecule has 0 aliphatic rings. The van der Waals surface area contributed by atoms with Crippen LogP contribution in [0.25, 0.3) is 0 Å². The first-order valence-electron chi connectivity index (χ1n) is 7.63. The van der Waals surface area contributed by atoms with Crippen molar-refractivity contribution in [3.63, 3.8) is 0 Å². The number of hydrogen-bond donors (Lipinski definition) is 2. The summed E-state index contributed by atoms with van der Waals surface area (Å²) in [6.45, 7) is 7.24.